The van der Waals surface area contributed by atoms with E-state index in [-0.39, 0.29) is 10.8 Å². The summed E-state index contributed by atoms with van der Waals surface area (Å²) in [6, 6.07) is 15.3. The number of benzene rings is 2. The third kappa shape index (κ3) is 5.36. The van der Waals surface area contributed by atoms with E-state index in [0.717, 1.165) is 13.1 Å². The Labute approximate surface area is 173 Å². The Kier molecular flexibility index (Phi) is 6.59. The van der Waals surface area contributed by atoms with Crippen LogP contribution in [0.4, 0.5) is 11.4 Å². The van der Waals surface area contributed by atoms with Crippen LogP contribution in [0.25, 0.3) is 0 Å². The first kappa shape index (κ1) is 21.3. The molecule has 1 fully saturated rings. The van der Waals surface area contributed by atoms with Crippen molar-refractivity contribution in [2.75, 3.05) is 36.3 Å². The van der Waals surface area contributed by atoms with Gasteiger partial charge in [0.2, 0.25) is 5.91 Å². The first-order valence-corrected chi connectivity index (χ1v) is 11.4. The predicted octanol–water partition coefficient (Wildman–Crippen LogP) is 3.43. The van der Waals surface area contributed by atoms with Crippen LogP contribution in [0.3, 0.4) is 0 Å². The Balaban J connectivity index is 1.70. The van der Waals surface area contributed by atoms with Crippen LogP contribution in [0, 0.1) is 11.8 Å². The van der Waals surface area contributed by atoms with Crippen LogP contribution in [-0.4, -0.2) is 45.9 Å². The molecule has 1 heterocycles. The van der Waals surface area contributed by atoms with Gasteiger partial charge in [-0.1, -0.05) is 38.1 Å². The lowest BCUT2D eigenvalue weighted by atomic mass is 9.92. The molecule has 0 aliphatic carbocycles. The van der Waals surface area contributed by atoms with E-state index in [2.05, 4.69) is 24.1 Å². The molecule has 1 saturated heterocycles. The second kappa shape index (κ2) is 8.97. The molecular weight excluding hydrogens is 386 g/mol. The van der Waals surface area contributed by atoms with Crippen molar-refractivity contribution in [2.45, 2.75) is 25.2 Å². The highest BCUT2D eigenvalue weighted by atomic mass is 32.2. The molecule has 0 unspecified atom stereocenters. The molecule has 1 N–H and O–H groups in total. The molecule has 29 heavy (non-hydrogen) atoms. The molecule has 0 saturated carbocycles. The third-order valence-corrected chi connectivity index (χ3v) is 6.99. The minimum atomic E-state index is -3.72. The van der Waals surface area contributed by atoms with Crippen LogP contribution < -0.4 is 9.62 Å². The minimum absolute atomic E-state index is 0.128. The summed E-state index contributed by atoms with van der Waals surface area (Å²) in [5.74, 6) is 1.03. The lowest BCUT2D eigenvalue weighted by Crippen LogP contribution is -2.42. The summed E-state index contributed by atoms with van der Waals surface area (Å²) < 4.78 is 27.2. The van der Waals surface area contributed by atoms with Gasteiger partial charge in [-0.25, -0.2) is 8.42 Å². The minimum Gasteiger partial charge on any atom is -0.325 e. The highest BCUT2D eigenvalue weighted by molar-refractivity contribution is 7.92. The van der Waals surface area contributed by atoms with Gasteiger partial charge in [0.15, 0.2) is 0 Å². The normalized spacial score (nSPS) is 20.2. The summed E-state index contributed by atoms with van der Waals surface area (Å²) in [7, 11) is -2.20. The second-order valence-electron chi connectivity index (χ2n) is 8.02. The summed E-state index contributed by atoms with van der Waals surface area (Å²) in [6.45, 7) is 6.55. The number of hydrogen-bond donors (Lipinski definition) is 1. The second-order valence-corrected chi connectivity index (χ2v) is 9.99. The maximum absolute atomic E-state index is 13.0. The van der Waals surface area contributed by atoms with Crippen LogP contribution in [0.1, 0.15) is 20.3 Å². The first-order chi connectivity index (χ1) is 13.8. The molecule has 1 aliphatic heterocycles. The van der Waals surface area contributed by atoms with Gasteiger partial charge in [0.1, 0.15) is 0 Å². The van der Waals surface area contributed by atoms with Gasteiger partial charge in [-0.05, 0) is 48.6 Å². The van der Waals surface area contributed by atoms with Crippen LogP contribution in [0.5, 0.6) is 0 Å². The van der Waals surface area contributed by atoms with Gasteiger partial charge in [-0.3, -0.25) is 14.0 Å². The van der Waals surface area contributed by atoms with Crippen molar-refractivity contribution in [1.29, 1.82) is 0 Å². The summed E-state index contributed by atoms with van der Waals surface area (Å²) in [6.07, 6.45) is 1.19. The topological polar surface area (TPSA) is 69.7 Å². The van der Waals surface area contributed by atoms with Gasteiger partial charge in [-0.15, -0.1) is 0 Å². The van der Waals surface area contributed by atoms with Crippen LogP contribution in [0.2, 0.25) is 0 Å². The van der Waals surface area contributed by atoms with Gasteiger partial charge in [-0.2, -0.15) is 0 Å². The fourth-order valence-electron chi connectivity index (χ4n) is 3.99. The number of rotatable bonds is 6. The Morgan fingerprint density at radius 3 is 2.38 bits per heavy atom. The number of hydrogen-bond acceptors (Lipinski definition) is 4. The average Bonchev–Trinajstić information content (AvgIpc) is 2.67. The molecule has 7 heteroatoms. The Morgan fingerprint density at radius 1 is 1.07 bits per heavy atom. The zero-order valence-corrected chi connectivity index (χ0v) is 18.0. The molecule has 1 amide bonds. The van der Waals surface area contributed by atoms with E-state index in [1.165, 1.54) is 23.8 Å². The zero-order chi connectivity index (χ0) is 21.0. The van der Waals surface area contributed by atoms with Gasteiger partial charge >= 0.3 is 0 Å². The van der Waals surface area contributed by atoms with Crippen molar-refractivity contribution in [2.24, 2.45) is 11.8 Å². The average molecular weight is 416 g/mol. The number of nitrogens with zero attached hydrogens (tertiary/aromatic N) is 2. The van der Waals surface area contributed by atoms with E-state index >= 15 is 0 Å². The monoisotopic (exact) mass is 415 g/mol. The van der Waals surface area contributed by atoms with Crippen molar-refractivity contribution < 1.29 is 13.2 Å². The first-order valence-electron chi connectivity index (χ1n) is 9.92. The summed E-state index contributed by atoms with van der Waals surface area (Å²) >= 11 is 0. The molecule has 156 valence electrons. The molecule has 2 aromatic carbocycles. The lowest BCUT2D eigenvalue weighted by molar-refractivity contribution is -0.117. The Hall–Kier alpha value is -2.38. The number of anilines is 2. The fourth-order valence-corrected chi connectivity index (χ4v) is 5.24. The number of piperidine rings is 1. The maximum Gasteiger partial charge on any atom is 0.264 e. The van der Waals surface area contributed by atoms with Crippen molar-refractivity contribution in [3.8, 4) is 0 Å². The maximum atomic E-state index is 13.0. The predicted molar refractivity (Wildman–Crippen MR) is 116 cm³/mol. The van der Waals surface area contributed by atoms with E-state index in [9.17, 15) is 13.2 Å². The lowest BCUT2D eigenvalue weighted by Gasteiger charge is -2.34. The molecule has 3 rings (SSSR count). The Bertz CT molecular complexity index is 937. The standard InChI is InChI=1S/C22H29N3O3S/c1-17-12-18(2)15-25(14-17)16-22(26)23-19-8-7-11-21(13-19)29(27,28)24(3)20-9-5-4-6-10-20/h4-11,13,17-18H,12,14-16H2,1-3H3,(H,23,26)/t17-,18+. The smallest absolute Gasteiger partial charge is 0.264 e. The highest BCUT2D eigenvalue weighted by Gasteiger charge is 2.24. The molecule has 2 aromatic rings. The number of nitrogens with one attached hydrogen (secondary N) is 1. The summed E-state index contributed by atoms with van der Waals surface area (Å²) in [4.78, 5) is 14.8. The molecular formula is C22H29N3O3S. The van der Waals surface area contributed by atoms with E-state index in [1.807, 2.05) is 6.07 Å². The quantitative estimate of drug-likeness (QED) is 0.785. The number of sulfonamides is 1. The molecule has 2 atom stereocenters. The van der Waals surface area contributed by atoms with E-state index in [1.54, 1.807) is 42.5 Å². The van der Waals surface area contributed by atoms with E-state index < -0.39 is 10.0 Å². The third-order valence-electron chi connectivity index (χ3n) is 5.21. The highest BCUT2D eigenvalue weighted by Crippen LogP contribution is 2.24. The number of amides is 1. The molecule has 0 radical (unpaired) electrons. The largest absolute Gasteiger partial charge is 0.325 e. The van der Waals surface area contributed by atoms with Gasteiger partial charge in [0.25, 0.3) is 10.0 Å². The van der Waals surface area contributed by atoms with Crippen molar-refractivity contribution >= 4 is 27.3 Å². The van der Waals surface area contributed by atoms with Crippen LogP contribution in [0.15, 0.2) is 59.5 Å². The molecule has 0 spiro atoms. The van der Waals surface area contributed by atoms with Gasteiger partial charge < -0.3 is 5.32 Å². The Morgan fingerprint density at radius 2 is 1.72 bits per heavy atom. The van der Waals surface area contributed by atoms with Crippen molar-refractivity contribution in [3.05, 3.63) is 54.6 Å². The van der Waals surface area contributed by atoms with E-state index in [4.69, 9.17) is 0 Å². The number of likely N-dealkylation sites (tertiary alicyclic amines) is 1. The zero-order valence-electron chi connectivity index (χ0n) is 17.2. The molecule has 0 bridgehead atoms. The number of carbonyl (C=O) groups excluding carboxylic acids is 1. The number of carbonyl (C=O) groups is 1. The number of para-hydroxylation sites is 1. The van der Waals surface area contributed by atoms with Gasteiger partial charge in [0, 0.05) is 25.8 Å². The molecule has 6 nitrogen and oxygen atoms in total. The summed E-state index contributed by atoms with van der Waals surface area (Å²) in [5.41, 5.74) is 1.06. The SMILES string of the molecule is C[C@@H]1C[C@H](C)CN(CC(=O)Nc2cccc(S(=O)(=O)N(C)c3ccccc3)c2)C1. The van der Waals surface area contributed by atoms with E-state index in [0.29, 0.717) is 29.8 Å². The molecule has 1 aliphatic rings. The molecule has 0 aromatic heterocycles. The van der Waals surface area contributed by atoms with Crippen molar-refractivity contribution in [1.82, 2.24) is 4.90 Å². The fraction of sp³-hybridized carbons (Fsp3) is 0.409. The van der Waals surface area contributed by atoms with Gasteiger partial charge in [0.05, 0.1) is 17.1 Å². The van der Waals surface area contributed by atoms with Crippen LogP contribution >= 0.6 is 0 Å². The summed E-state index contributed by atoms with van der Waals surface area (Å²) in [5, 5.41) is 2.85. The van der Waals surface area contributed by atoms with Crippen LogP contribution in [-0.2, 0) is 14.8 Å². The van der Waals surface area contributed by atoms with Crippen molar-refractivity contribution in [3.63, 3.8) is 0 Å².